The molecule has 0 radical (unpaired) electrons. The van der Waals surface area contributed by atoms with Crippen LogP contribution in [-0.4, -0.2) is 43.8 Å². The summed E-state index contributed by atoms with van der Waals surface area (Å²) in [5.74, 6) is 0.308. The van der Waals surface area contributed by atoms with Gasteiger partial charge in [-0.1, -0.05) is 18.2 Å². The van der Waals surface area contributed by atoms with E-state index in [1.165, 1.54) is 0 Å². The van der Waals surface area contributed by atoms with Gasteiger partial charge in [0, 0.05) is 30.9 Å². The van der Waals surface area contributed by atoms with E-state index < -0.39 is 0 Å². The first-order valence-corrected chi connectivity index (χ1v) is 9.40. The molecule has 4 heterocycles. The van der Waals surface area contributed by atoms with Crippen LogP contribution in [0.3, 0.4) is 0 Å². The van der Waals surface area contributed by atoms with Crippen molar-refractivity contribution < 1.29 is 4.79 Å². The fourth-order valence-electron chi connectivity index (χ4n) is 4.06. The average Bonchev–Trinajstić information content (AvgIpc) is 3.13. The van der Waals surface area contributed by atoms with Gasteiger partial charge in [-0.25, -0.2) is 9.78 Å². The third-order valence-corrected chi connectivity index (χ3v) is 5.51. The number of piperidine rings is 1. The molecule has 1 aromatic carbocycles. The van der Waals surface area contributed by atoms with Crippen molar-refractivity contribution in [2.24, 2.45) is 0 Å². The van der Waals surface area contributed by atoms with E-state index >= 15 is 0 Å². The Balaban J connectivity index is 1.34. The summed E-state index contributed by atoms with van der Waals surface area (Å²) >= 11 is 0. The quantitative estimate of drug-likeness (QED) is 0.565. The maximum atomic E-state index is 12.9. The molecule has 0 spiro atoms. The fraction of sp³-hybridized carbons (Fsp3) is 0.238. The van der Waals surface area contributed by atoms with E-state index in [0.717, 1.165) is 34.8 Å². The Kier molecular flexibility index (Phi) is 3.93. The largest absolute Gasteiger partial charge is 0.339 e. The lowest BCUT2D eigenvalue weighted by Crippen LogP contribution is -2.38. The van der Waals surface area contributed by atoms with E-state index in [0.29, 0.717) is 24.3 Å². The third-order valence-electron chi connectivity index (χ3n) is 5.51. The number of hydrogen-bond acceptors (Lipinski definition) is 4. The highest BCUT2D eigenvalue weighted by molar-refractivity contribution is 5.97. The van der Waals surface area contributed by atoms with Gasteiger partial charge in [0.15, 0.2) is 5.65 Å². The molecule has 1 fully saturated rings. The minimum absolute atomic E-state index is 0.0200. The molecule has 7 heteroatoms. The van der Waals surface area contributed by atoms with Crippen LogP contribution in [0.1, 0.15) is 34.7 Å². The molecule has 4 aromatic rings. The van der Waals surface area contributed by atoms with Gasteiger partial charge in [-0.2, -0.15) is 0 Å². The number of amides is 1. The van der Waals surface area contributed by atoms with Crippen LogP contribution in [0.25, 0.3) is 22.1 Å². The zero-order valence-corrected chi connectivity index (χ0v) is 15.2. The number of aromatic nitrogens is 4. The van der Waals surface area contributed by atoms with Crippen LogP contribution < -0.4 is 5.69 Å². The smallest absolute Gasteiger partial charge is 0.325 e. The molecule has 5 rings (SSSR count). The maximum Gasteiger partial charge on any atom is 0.325 e. The highest BCUT2D eigenvalue weighted by Crippen LogP contribution is 2.31. The topological polar surface area (TPSA) is 94.7 Å². The van der Waals surface area contributed by atoms with E-state index in [1.807, 2.05) is 41.3 Å². The molecule has 1 aliphatic rings. The zero-order valence-electron chi connectivity index (χ0n) is 15.2. The van der Waals surface area contributed by atoms with Crippen LogP contribution in [-0.2, 0) is 0 Å². The van der Waals surface area contributed by atoms with Crippen molar-refractivity contribution in [2.45, 2.75) is 18.8 Å². The number of benzene rings is 1. The average molecular weight is 373 g/mol. The van der Waals surface area contributed by atoms with Gasteiger partial charge in [0.2, 0.25) is 0 Å². The number of nitrogens with zero attached hydrogens (tertiary/aromatic N) is 3. The first-order chi connectivity index (χ1) is 13.7. The predicted molar refractivity (Wildman–Crippen MR) is 106 cm³/mol. The SMILES string of the molecule is O=C(c1cnc2ccccc2c1)N1CCC(c2ccnc3[nH]c(=O)[nH]c23)CC1. The number of carbonyl (C=O) groups is 1. The number of carbonyl (C=O) groups excluding carboxylic acids is 1. The predicted octanol–water partition coefficient (Wildman–Crippen LogP) is 2.82. The van der Waals surface area contributed by atoms with Crippen molar-refractivity contribution in [3.63, 3.8) is 0 Å². The lowest BCUT2D eigenvalue weighted by atomic mass is 9.89. The van der Waals surface area contributed by atoms with E-state index in [-0.39, 0.29) is 17.5 Å². The summed E-state index contributed by atoms with van der Waals surface area (Å²) in [5, 5.41) is 0.971. The number of rotatable bonds is 2. The molecule has 7 nitrogen and oxygen atoms in total. The van der Waals surface area contributed by atoms with Crippen molar-refractivity contribution in [1.82, 2.24) is 24.8 Å². The summed E-state index contributed by atoms with van der Waals surface area (Å²) in [7, 11) is 0. The molecule has 0 saturated carbocycles. The monoisotopic (exact) mass is 373 g/mol. The Morgan fingerprint density at radius 3 is 2.75 bits per heavy atom. The van der Waals surface area contributed by atoms with Crippen LogP contribution in [0.5, 0.6) is 0 Å². The molecule has 0 atom stereocenters. The number of pyridine rings is 2. The van der Waals surface area contributed by atoms with Crippen molar-refractivity contribution in [1.29, 1.82) is 0 Å². The lowest BCUT2D eigenvalue weighted by molar-refractivity contribution is 0.0713. The van der Waals surface area contributed by atoms with Gasteiger partial charge in [0.05, 0.1) is 16.6 Å². The van der Waals surface area contributed by atoms with Gasteiger partial charge >= 0.3 is 5.69 Å². The molecular weight excluding hydrogens is 354 g/mol. The van der Waals surface area contributed by atoms with Crippen LogP contribution in [0.15, 0.2) is 53.6 Å². The molecule has 140 valence electrons. The first kappa shape index (κ1) is 16.7. The van der Waals surface area contributed by atoms with Crippen molar-refractivity contribution >= 4 is 28.0 Å². The molecule has 2 N–H and O–H groups in total. The summed E-state index contributed by atoms with van der Waals surface area (Å²) in [6.45, 7) is 1.35. The van der Waals surface area contributed by atoms with Crippen molar-refractivity contribution in [2.75, 3.05) is 13.1 Å². The Bertz CT molecular complexity index is 1230. The van der Waals surface area contributed by atoms with Crippen molar-refractivity contribution in [3.05, 3.63) is 70.4 Å². The summed E-state index contributed by atoms with van der Waals surface area (Å²) in [6, 6.07) is 11.7. The Morgan fingerprint density at radius 2 is 1.89 bits per heavy atom. The molecule has 28 heavy (non-hydrogen) atoms. The van der Waals surface area contributed by atoms with Gasteiger partial charge in [0.25, 0.3) is 5.91 Å². The molecule has 3 aromatic heterocycles. The first-order valence-electron chi connectivity index (χ1n) is 9.40. The molecular formula is C21H19N5O2. The summed E-state index contributed by atoms with van der Waals surface area (Å²) in [6.07, 6.45) is 5.07. The normalized spacial score (nSPS) is 15.4. The molecule has 0 unspecified atom stereocenters. The van der Waals surface area contributed by atoms with Crippen molar-refractivity contribution in [3.8, 4) is 0 Å². The standard InChI is InChI=1S/C21H19N5O2/c27-20(15-11-14-3-1-2-4-17(14)23-12-15)26-9-6-13(7-10-26)16-5-8-22-19-18(16)24-21(28)25-19/h1-5,8,11-13H,6-7,9-10H2,(H2,22,24,25,28). The van der Waals surface area contributed by atoms with Crippen LogP contribution in [0.4, 0.5) is 0 Å². The van der Waals surface area contributed by atoms with Gasteiger partial charge in [-0.05, 0) is 42.5 Å². The lowest BCUT2D eigenvalue weighted by Gasteiger charge is -2.32. The third kappa shape index (κ3) is 2.85. The van der Waals surface area contributed by atoms with Gasteiger partial charge in [0.1, 0.15) is 0 Å². The summed E-state index contributed by atoms with van der Waals surface area (Å²) < 4.78 is 0. The highest BCUT2D eigenvalue weighted by Gasteiger charge is 2.26. The summed E-state index contributed by atoms with van der Waals surface area (Å²) in [4.78, 5) is 40.6. The van der Waals surface area contributed by atoms with E-state index in [4.69, 9.17) is 0 Å². The number of para-hydroxylation sites is 1. The number of likely N-dealkylation sites (tertiary alicyclic amines) is 1. The number of H-pyrrole nitrogens is 2. The molecule has 1 saturated heterocycles. The molecule has 1 aliphatic heterocycles. The molecule has 0 bridgehead atoms. The zero-order chi connectivity index (χ0) is 19.1. The van der Waals surface area contributed by atoms with Gasteiger partial charge < -0.3 is 9.88 Å². The minimum Gasteiger partial charge on any atom is -0.339 e. The Hall–Kier alpha value is -3.48. The van der Waals surface area contributed by atoms with Gasteiger partial charge in [-0.15, -0.1) is 0 Å². The Labute approximate surface area is 160 Å². The summed E-state index contributed by atoms with van der Waals surface area (Å²) in [5.41, 5.74) is 3.71. The number of nitrogens with one attached hydrogen (secondary N) is 2. The second-order valence-corrected chi connectivity index (χ2v) is 7.19. The van der Waals surface area contributed by atoms with Gasteiger partial charge in [-0.3, -0.25) is 14.8 Å². The molecule has 1 amide bonds. The number of imidazole rings is 1. The second kappa shape index (κ2) is 6.60. The number of aromatic amines is 2. The molecule has 0 aliphatic carbocycles. The minimum atomic E-state index is -0.244. The highest BCUT2D eigenvalue weighted by atomic mass is 16.2. The van der Waals surface area contributed by atoms with Crippen LogP contribution in [0, 0.1) is 0 Å². The number of hydrogen-bond donors (Lipinski definition) is 2. The van der Waals surface area contributed by atoms with E-state index in [9.17, 15) is 9.59 Å². The van der Waals surface area contributed by atoms with Crippen LogP contribution in [0.2, 0.25) is 0 Å². The second-order valence-electron chi connectivity index (χ2n) is 7.19. The number of fused-ring (bicyclic) bond motifs is 2. The van der Waals surface area contributed by atoms with E-state index in [2.05, 4.69) is 19.9 Å². The maximum absolute atomic E-state index is 12.9. The fourth-order valence-corrected chi connectivity index (χ4v) is 4.06. The van der Waals surface area contributed by atoms with E-state index in [1.54, 1.807) is 12.4 Å². The Morgan fingerprint density at radius 1 is 1.07 bits per heavy atom. The van der Waals surface area contributed by atoms with Crippen LogP contribution >= 0.6 is 0 Å².